The molecule has 3 rings (SSSR count). The minimum atomic E-state index is -0.561. The number of carbonyl (C=O) groups is 2. The molecule has 0 radical (unpaired) electrons. The van der Waals surface area contributed by atoms with Gasteiger partial charge in [0.1, 0.15) is 17.7 Å². The van der Waals surface area contributed by atoms with Crippen LogP contribution in [0.1, 0.15) is 36.3 Å². The Morgan fingerprint density at radius 2 is 1.93 bits per heavy atom. The molecular formula is C19H22FN5O2. The van der Waals surface area contributed by atoms with Crippen LogP contribution in [0.5, 0.6) is 0 Å². The second-order valence-corrected chi connectivity index (χ2v) is 7.25. The van der Waals surface area contributed by atoms with Crippen LogP contribution in [0.2, 0.25) is 0 Å². The minimum Gasteiger partial charge on any atom is -0.368 e. The third-order valence-corrected chi connectivity index (χ3v) is 4.83. The van der Waals surface area contributed by atoms with E-state index in [4.69, 9.17) is 5.73 Å². The Hall–Kier alpha value is -3.03. The molecule has 27 heavy (non-hydrogen) atoms. The molecule has 0 saturated carbocycles. The van der Waals surface area contributed by atoms with Crippen molar-refractivity contribution in [3.8, 4) is 0 Å². The summed E-state index contributed by atoms with van der Waals surface area (Å²) in [6.07, 6.45) is 0.576. The van der Waals surface area contributed by atoms with E-state index in [-0.39, 0.29) is 22.8 Å². The monoisotopic (exact) mass is 371 g/mol. The summed E-state index contributed by atoms with van der Waals surface area (Å²) in [6, 6.07) is 9.06. The van der Waals surface area contributed by atoms with Crippen LogP contribution in [0.25, 0.3) is 0 Å². The summed E-state index contributed by atoms with van der Waals surface area (Å²) in [5.41, 5.74) is 6.17. The lowest BCUT2D eigenvalue weighted by Crippen LogP contribution is -2.57. The number of nitrogens with zero attached hydrogens (tertiary/aromatic N) is 3. The first-order valence-electron chi connectivity index (χ1n) is 8.72. The van der Waals surface area contributed by atoms with E-state index >= 15 is 0 Å². The van der Waals surface area contributed by atoms with Gasteiger partial charge in [-0.15, -0.1) is 10.2 Å². The predicted octanol–water partition coefficient (Wildman–Crippen LogP) is 1.71. The molecule has 0 spiro atoms. The fraction of sp³-hybridized carbons (Fsp3) is 0.368. The Morgan fingerprint density at radius 3 is 2.44 bits per heavy atom. The number of hydrogen-bond acceptors (Lipinski definition) is 5. The third kappa shape index (κ3) is 4.05. The highest BCUT2D eigenvalue weighted by Gasteiger charge is 2.37. The number of rotatable bonds is 6. The largest absolute Gasteiger partial charge is 0.368 e. The summed E-state index contributed by atoms with van der Waals surface area (Å²) in [5, 5.41) is 11.2. The lowest BCUT2D eigenvalue weighted by atomic mass is 9.84. The summed E-state index contributed by atoms with van der Waals surface area (Å²) < 4.78 is 13.1. The predicted molar refractivity (Wildman–Crippen MR) is 98.6 cm³/mol. The SMILES string of the molecule is CC(C)(CNc1ccc(C(=O)N2CCC2C(N)=O)nn1)c1ccc(F)cc1. The van der Waals surface area contributed by atoms with Gasteiger partial charge in [0.25, 0.3) is 5.91 Å². The van der Waals surface area contributed by atoms with E-state index in [1.807, 2.05) is 13.8 Å². The molecule has 1 saturated heterocycles. The number of amides is 2. The number of likely N-dealkylation sites (tertiary alicyclic amines) is 1. The van der Waals surface area contributed by atoms with Gasteiger partial charge in [-0.25, -0.2) is 4.39 Å². The Kier molecular flexibility index (Phi) is 5.07. The van der Waals surface area contributed by atoms with Crippen LogP contribution < -0.4 is 11.1 Å². The van der Waals surface area contributed by atoms with E-state index in [1.165, 1.54) is 17.0 Å². The molecule has 8 heteroatoms. The number of halogens is 1. The summed E-state index contributed by atoms with van der Waals surface area (Å²) in [4.78, 5) is 25.0. The molecule has 2 amide bonds. The second-order valence-electron chi connectivity index (χ2n) is 7.25. The van der Waals surface area contributed by atoms with Gasteiger partial charge in [-0.05, 0) is 36.2 Å². The Labute approximate surface area is 156 Å². The highest BCUT2D eigenvalue weighted by molar-refractivity contribution is 5.96. The molecule has 1 aromatic carbocycles. The molecule has 1 atom stereocenters. The van der Waals surface area contributed by atoms with Gasteiger partial charge in [-0.2, -0.15) is 0 Å². The fourth-order valence-corrected chi connectivity index (χ4v) is 2.93. The van der Waals surface area contributed by atoms with Gasteiger partial charge < -0.3 is 16.0 Å². The van der Waals surface area contributed by atoms with E-state index in [0.29, 0.717) is 25.3 Å². The summed E-state index contributed by atoms with van der Waals surface area (Å²) in [5.74, 6) is -0.606. The van der Waals surface area contributed by atoms with Gasteiger partial charge in [0.05, 0.1) is 0 Å². The van der Waals surface area contributed by atoms with E-state index < -0.39 is 11.9 Å². The van der Waals surface area contributed by atoms with Crippen molar-refractivity contribution in [2.24, 2.45) is 5.73 Å². The van der Waals surface area contributed by atoms with E-state index in [1.54, 1.807) is 24.3 Å². The minimum absolute atomic E-state index is 0.171. The molecule has 7 nitrogen and oxygen atoms in total. The van der Waals surface area contributed by atoms with Crippen molar-refractivity contribution < 1.29 is 14.0 Å². The maximum atomic E-state index is 13.1. The lowest BCUT2D eigenvalue weighted by molar-refractivity contribution is -0.125. The van der Waals surface area contributed by atoms with Gasteiger partial charge in [0.15, 0.2) is 5.69 Å². The van der Waals surface area contributed by atoms with Gasteiger partial charge in [-0.3, -0.25) is 9.59 Å². The van der Waals surface area contributed by atoms with Crippen molar-refractivity contribution in [2.45, 2.75) is 31.7 Å². The number of nitrogens with two attached hydrogens (primary N) is 1. The first-order chi connectivity index (χ1) is 12.8. The third-order valence-electron chi connectivity index (χ3n) is 4.83. The van der Waals surface area contributed by atoms with Crippen LogP contribution in [0, 0.1) is 5.82 Å². The van der Waals surface area contributed by atoms with Crippen molar-refractivity contribution in [1.29, 1.82) is 0 Å². The molecular weight excluding hydrogens is 349 g/mol. The maximum absolute atomic E-state index is 13.1. The molecule has 3 N–H and O–H groups in total. The Bertz CT molecular complexity index is 836. The van der Waals surface area contributed by atoms with Crippen LogP contribution in [-0.2, 0) is 10.2 Å². The molecule has 1 aliphatic rings. The van der Waals surface area contributed by atoms with Crippen molar-refractivity contribution >= 4 is 17.6 Å². The highest BCUT2D eigenvalue weighted by Crippen LogP contribution is 2.24. The van der Waals surface area contributed by atoms with Crippen LogP contribution in [0.15, 0.2) is 36.4 Å². The molecule has 142 valence electrons. The molecule has 0 bridgehead atoms. The zero-order chi connectivity index (χ0) is 19.6. The van der Waals surface area contributed by atoms with Gasteiger partial charge in [-0.1, -0.05) is 26.0 Å². The molecule has 1 fully saturated rings. The number of anilines is 1. The standard InChI is InChI=1S/C19H22FN5O2/c1-19(2,12-3-5-13(20)6-4-12)11-22-16-8-7-14(23-24-16)18(27)25-10-9-15(25)17(21)26/h3-8,15H,9-11H2,1-2H3,(H2,21,26)(H,22,24). The first kappa shape index (κ1) is 18.8. The quantitative estimate of drug-likeness (QED) is 0.805. The van der Waals surface area contributed by atoms with Gasteiger partial charge >= 0.3 is 0 Å². The molecule has 2 aromatic rings. The zero-order valence-corrected chi connectivity index (χ0v) is 15.3. The number of hydrogen-bond donors (Lipinski definition) is 2. The van der Waals surface area contributed by atoms with Crippen molar-refractivity contribution in [2.75, 3.05) is 18.4 Å². The van der Waals surface area contributed by atoms with E-state index in [0.717, 1.165) is 5.56 Å². The highest BCUT2D eigenvalue weighted by atomic mass is 19.1. The second kappa shape index (κ2) is 7.30. The molecule has 0 aliphatic carbocycles. The maximum Gasteiger partial charge on any atom is 0.275 e. The number of nitrogens with one attached hydrogen (secondary N) is 1. The first-order valence-corrected chi connectivity index (χ1v) is 8.72. The smallest absolute Gasteiger partial charge is 0.275 e. The molecule has 2 heterocycles. The van der Waals surface area contributed by atoms with E-state index in [2.05, 4.69) is 15.5 Å². The fourth-order valence-electron chi connectivity index (χ4n) is 2.93. The molecule has 1 aromatic heterocycles. The summed E-state index contributed by atoms with van der Waals surface area (Å²) in [6.45, 7) is 5.11. The number of primary amides is 1. The number of aromatic nitrogens is 2. The van der Waals surface area contributed by atoms with Crippen LogP contribution >= 0.6 is 0 Å². The van der Waals surface area contributed by atoms with Crippen molar-refractivity contribution in [3.63, 3.8) is 0 Å². The Morgan fingerprint density at radius 1 is 1.22 bits per heavy atom. The Balaban J connectivity index is 1.61. The topological polar surface area (TPSA) is 101 Å². The van der Waals surface area contributed by atoms with Gasteiger partial charge in [0.2, 0.25) is 5.91 Å². The lowest BCUT2D eigenvalue weighted by Gasteiger charge is -2.38. The van der Waals surface area contributed by atoms with Crippen molar-refractivity contribution in [3.05, 3.63) is 53.5 Å². The van der Waals surface area contributed by atoms with E-state index in [9.17, 15) is 14.0 Å². The molecule has 1 unspecified atom stereocenters. The van der Waals surface area contributed by atoms with Crippen LogP contribution in [0.4, 0.5) is 10.2 Å². The summed E-state index contributed by atoms with van der Waals surface area (Å²) >= 11 is 0. The van der Waals surface area contributed by atoms with Crippen LogP contribution in [0.3, 0.4) is 0 Å². The van der Waals surface area contributed by atoms with Gasteiger partial charge in [0, 0.05) is 18.5 Å². The average molecular weight is 371 g/mol. The number of carbonyl (C=O) groups excluding carboxylic acids is 2. The molecule has 1 aliphatic heterocycles. The zero-order valence-electron chi connectivity index (χ0n) is 15.3. The van der Waals surface area contributed by atoms with Crippen LogP contribution in [-0.4, -0.2) is 46.0 Å². The number of benzene rings is 1. The summed E-state index contributed by atoms with van der Waals surface area (Å²) in [7, 11) is 0. The normalized spacial score (nSPS) is 16.6. The average Bonchev–Trinajstić information content (AvgIpc) is 2.59. The van der Waals surface area contributed by atoms with Crippen molar-refractivity contribution in [1.82, 2.24) is 15.1 Å².